The Kier molecular flexibility index (Phi) is 4.48. The van der Waals surface area contributed by atoms with Crippen LogP contribution in [0.3, 0.4) is 0 Å². The zero-order valence-corrected chi connectivity index (χ0v) is 11.7. The third-order valence-corrected chi connectivity index (χ3v) is 3.28. The van der Waals surface area contributed by atoms with Crippen molar-refractivity contribution in [2.75, 3.05) is 0 Å². The molecule has 0 bridgehead atoms. The molecule has 4 nitrogen and oxygen atoms in total. The van der Waals surface area contributed by atoms with Gasteiger partial charge in [0.2, 0.25) is 5.91 Å². The van der Waals surface area contributed by atoms with Gasteiger partial charge in [-0.3, -0.25) is 9.78 Å². The molecule has 1 aromatic heterocycles. The van der Waals surface area contributed by atoms with Gasteiger partial charge < -0.3 is 11.1 Å². The first-order valence-corrected chi connectivity index (χ1v) is 6.60. The van der Waals surface area contributed by atoms with E-state index in [1.54, 1.807) is 12.4 Å². The molecule has 3 N–H and O–H groups in total. The molecular formula is C16H19N3O. The maximum absolute atomic E-state index is 12.2. The van der Waals surface area contributed by atoms with E-state index in [-0.39, 0.29) is 11.9 Å². The summed E-state index contributed by atoms with van der Waals surface area (Å²) >= 11 is 0. The van der Waals surface area contributed by atoms with Crippen LogP contribution in [0.2, 0.25) is 0 Å². The fourth-order valence-corrected chi connectivity index (χ4v) is 1.96. The highest BCUT2D eigenvalue weighted by molar-refractivity contribution is 5.83. The fraction of sp³-hybridized carbons (Fsp3) is 0.250. The van der Waals surface area contributed by atoms with Gasteiger partial charge >= 0.3 is 0 Å². The molecule has 0 spiro atoms. The largest absolute Gasteiger partial charge is 0.348 e. The van der Waals surface area contributed by atoms with Crippen LogP contribution in [-0.2, 0) is 4.79 Å². The van der Waals surface area contributed by atoms with Crippen molar-refractivity contribution >= 4 is 5.91 Å². The van der Waals surface area contributed by atoms with Crippen LogP contribution in [0.4, 0.5) is 0 Å². The van der Waals surface area contributed by atoms with Gasteiger partial charge in [0.1, 0.15) is 6.04 Å². The molecule has 1 aromatic carbocycles. The number of aryl methyl sites for hydroxylation is 1. The van der Waals surface area contributed by atoms with Crippen molar-refractivity contribution in [1.29, 1.82) is 0 Å². The molecule has 1 heterocycles. The lowest BCUT2D eigenvalue weighted by molar-refractivity contribution is -0.123. The molecule has 1 amide bonds. The molecule has 2 rings (SSSR count). The number of nitrogens with two attached hydrogens (primary N) is 1. The summed E-state index contributed by atoms with van der Waals surface area (Å²) in [6.45, 7) is 3.93. The number of benzene rings is 1. The summed E-state index contributed by atoms with van der Waals surface area (Å²) in [5.41, 5.74) is 8.95. The van der Waals surface area contributed by atoms with Gasteiger partial charge in [0.25, 0.3) is 0 Å². The van der Waals surface area contributed by atoms with Gasteiger partial charge in [-0.2, -0.15) is 0 Å². The summed E-state index contributed by atoms with van der Waals surface area (Å²) in [6, 6.07) is 10.7. The first kappa shape index (κ1) is 14.2. The summed E-state index contributed by atoms with van der Waals surface area (Å²) in [7, 11) is 0. The van der Waals surface area contributed by atoms with Crippen molar-refractivity contribution < 1.29 is 4.79 Å². The molecule has 1 unspecified atom stereocenters. The molecule has 0 aliphatic carbocycles. The van der Waals surface area contributed by atoms with Crippen molar-refractivity contribution in [3.8, 4) is 0 Å². The molecule has 0 saturated heterocycles. The van der Waals surface area contributed by atoms with Crippen molar-refractivity contribution in [1.82, 2.24) is 10.3 Å². The number of nitrogens with zero attached hydrogens (tertiary/aromatic N) is 1. The molecule has 0 aliphatic heterocycles. The van der Waals surface area contributed by atoms with E-state index < -0.39 is 6.04 Å². The second-order valence-electron chi connectivity index (χ2n) is 4.90. The number of pyridine rings is 1. The first-order valence-electron chi connectivity index (χ1n) is 6.60. The topological polar surface area (TPSA) is 68.0 Å². The lowest BCUT2D eigenvalue weighted by atomic mass is 10.0. The standard InChI is InChI=1S/C16H19N3O/c1-11-3-5-14(6-4-11)15(17)16(20)19-12(2)13-7-9-18-10-8-13/h3-10,12,15H,17H2,1-2H3,(H,19,20)/t12-,15?/m0/s1. The van der Waals surface area contributed by atoms with Gasteiger partial charge in [0.15, 0.2) is 0 Å². The average Bonchev–Trinajstić information content (AvgIpc) is 2.48. The third-order valence-electron chi connectivity index (χ3n) is 3.28. The Bertz CT molecular complexity index is 566. The predicted molar refractivity (Wildman–Crippen MR) is 78.9 cm³/mol. The van der Waals surface area contributed by atoms with Crippen molar-refractivity contribution in [2.45, 2.75) is 25.9 Å². The van der Waals surface area contributed by atoms with Crippen molar-refractivity contribution in [3.05, 3.63) is 65.5 Å². The highest BCUT2D eigenvalue weighted by Gasteiger charge is 2.18. The van der Waals surface area contributed by atoms with E-state index in [0.29, 0.717) is 0 Å². The zero-order chi connectivity index (χ0) is 14.5. The van der Waals surface area contributed by atoms with E-state index in [1.807, 2.05) is 50.2 Å². The molecule has 2 aromatic rings. The van der Waals surface area contributed by atoms with Gasteiger partial charge in [0.05, 0.1) is 6.04 Å². The van der Waals surface area contributed by atoms with E-state index in [2.05, 4.69) is 10.3 Å². The molecule has 4 heteroatoms. The Labute approximate surface area is 119 Å². The van der Waals surface area contributed by atoms with Gasteiger partial charge in [-0.05, 0) is 37.1 Å². The fourth-order valence-electron chi connectivity index (χ4n) is 1.96. The lowest BCUT2D eigenvalue weighted by Crippen LogP contribution is -2.35. The smallest absolute Gasteiger partial charge is 0.241 e. The predicted octanol–water partition coefficient (Wildman–Crippen LogP) is 2.27. The number of nitrogens with one attached hydrogen (secondary N) is 1. The van der Waals surface area contributed by atoms with Crippen LogP contribution >= 0.6 is 0 Å². The number of carbonyl (C=O) groups is 1. The number of rotatable bonds is 4. The van der Waals surface area contributed by atoms with E-state index in [9.17, 15) is 4.79 Å². The molecule has 104 valence electrons. The molecule has 0 fully saturated rings. The monoisotopic (exact) mass is 269 g/mol. The Morgan fingerprint density at radius 3 is 2.30 bits per heavy atom. The van der Waals surface area contributed by atoms with E-state index in [4.69, 9.17) is 5.73 Å². The van der Waals surface area contributed by atoms with Crippen LogP contribution in [0, 0.1) is 6.92 Å². The summed E-state index contributed by atoms with van der Waals surface area (Å²) < 4.78 is 0. The normalized spacial score (nSPS) is 13.6. The molecule has 0 aliphatic rings. The van der Waals surface area contributed by atoms with Crippen LogP contribution in [0.15, 0.2) is 48.8 Å². The van der Waals surface area contributed by atoms with E-state index in [1.165, 1.54) is 0 Å². The lowest BCUT2D eigenvalue weighted by Gasteiger charge is -2.18. The Morgan fingerprint density at radius 1 is 1.10 bits per heavy atom. The minimum atomic E-state index is -0.653. The van der Waals surface area contributed by atoms with Gasteiger partial charge in [-0.25, -0.2) is 0 Å². The van der Waals surface area contributed by atoms with Gasteiger partial charge in [-0.15, -0.1) is 0 Å². The van der Waals surface area contributed by atoms with E-state index in [0.717, 1.165) is 16.7 Å². The van der Waals surface area contributed by atoms with Gasteiger partial charge in [-0.1, -0.05) is 29.8 Å². The highest BCUT2D eigenvalue weighted by atomic mass is 16.2. The third kappa shape index (κ3) is 3.42. The van der Waals surface area contributed by atoms with Crippen molar-refractivity contribution in [3.63, 3.8) is 0 Å². The minimum Gasteiger partial charge on any atom is -0.348 e. The molecule has 2 atom stereocenters. The first-order chi connectivity index (χ1) is 9.58. The number of hydrogen-bond donors (Lipinski definition) is 2. The highest BCUT2D eigenvalue weighted by Crippen LogP contribution is 2.15. The number of amides is 1. The van der Waals surface area contributed by atoms with Crippen LogP contribution in [0.5, 0.6) is 0 Å². The summed E-state index contributed by atoms with van der Waals surface area (Å²) in [4.78, 5) is 16.1. The SMILES string of the molecule is Cc1ccc(C(N)C(=O)N[C@@H](C)c2ccncc2)cc1. The average molecular weight is 269 g/mol. The number of hydrogen-bond acceptors (Lipinski definition) is 3. The quantitative estimate of drug-likeness (QED) is 0.894. The maximum Gasteiger partial charge on any atom is 0.241 e. The molecule has 0 radical (unpaired) electrons. The Balaban J connectivity index is 2.02. The molecule has 0 saturated carbocycles. The van der Waals surface area contributed by atoms with E-state index >= 15 is 0 Å². The number of aromatic nitrogens is 1. The van der Waals surface area contributed by atoms with Crippen LogP contribution in [0.25, 0.3) is 0 Å². The minimum absolute atomic E-state index is 0.0954. The summed E-state index contributed by atoms with van der Waals surface area (Å²) in [6.07, 6.45) is 3.41. The molecular weight excluding hydrogens is 250 g/mol. The zero-order valence-electron chi connectivity index (χ0n) is 11.7. The summed E-state index contributed by atoms with van der Waals surface area (Å²) in [5.74, 6) is -0.182. The second-order valence-corrected chi connectivity index (χ2v) is 4.90. The second kappa shape index (κ2) is 6.30. The Morgan fingerprint density at radius 2 is 1.70 bits per heavy atom. The number of carbonyl (C=O) groups excluding carboxylic acids is 1. The molecule has 20 heavy (non-hydrogen) atoms. The van der Waals surface area contributed by atoms with Crippen molar-refractivity contribution in [2.24, 2.45) is 5.73 Å². The Hall–Kier alpha value is -2.20. The van der Waals surface area contributed by atoms with Crippen LogP contribution in [-0.4, -0.2) is 10.9 Å². The summed E-state index contributed by atoms with van der Waals surface area (Å²) in [5, 5.41) is 2.92. The van der Waals surface area contributed by atoms with Gasteiger partial charge in [0, 0.05) is 12.4 Å². The van der Waals surface area contributed by atoms with Crippen LogP contribution < -0.4 is 11.1 Å². The maximum atomic E-state index is 12.2. The van der Waals surface area contributed by atoms with Crippen LogP contribution in [0.1, 0.15) is 35.7 Å².